The summed E-state index contributed by atoms with van der Waals surface area (Å²) in [5, 5.41) is 6.03. The third-order valence-electron chi connectivity index (χ3n) is 5.98. The van der Waals surface area contributed by atoms with Crippen molar-refractivity contribution >= 4 is 35.2 Å². The summed E-state index contributed by atoms with van der Waals surface area (Å²) >= 11 is 6.42. The average molecular weight is 544 g/mol. The molecule has 2 atom stereocenters. The van der Waals surface area contributed by atoms with E-state index in [9.17, 15) is 14.4 Å². The Labute approximate surface area is 232 Å². The molecule has 2 N–H and O–H groups in total. The predicted molar refractivity (Wildman–Crippen MR) is 154 cm³/mol. The lowest BCUT2D eigenvalue weighted by Gasteiger charge is -2.34. The van der Waals surface area contributed by atoms with E-state index in [0.29, 0.717) is 29.2 Å². The molecule has 2 aromatic rings. The van der Waals surface area contributed by atoms with Gasteiger partial charge in [-0.2, -0.15) is 0 Å². The highest BCUT2D eigenvalue weighted by molar-refractivity contribution is 6.34. The molecule has 0 spiro atoms. The number of rotatable bonds is 10. The van der Waals surface area contributed by atoms with Crippen molar-refractivity contribution in [3.8, 4) is 0 Å². The van der Waals surface area contributed by atoms with E-state index in [1.54, 1.807) is 38.7 Å². The molecule has 38 heavy (non-hydrogen) atoms. The van der Waals surface area contributed by atoms with Crippen molar-refractivity contribution in [1.82, 2.24) is 10.2 Å². The second-order valence-corrected chi connectivity index (χ2v) is 11.3. The van der Waals surface area contributed by atoms with E-state index in [2.05, 4.69) is 17.6 Å². The lowest BCUT2D eigenvalue weighted by molar-refractivity contribution is -0.140. The first-order valence-electron chi connectivity index (χ1n) is 13.2. The first kappa shape index (κ1) is 31.2. The maximum Gasteiger partial charge on any atom is 0.408 e. The number of alkyl carbamates (subject to hydrolysis) is 1. The fraction of sp³-hybridized carbons (Fsp3) is 0.500. The van der Waals surface area contributed by atoms with Gasteiger partial charge in [0.15, 0.2) is 0 Å². The standard InChI is InChI=1S/C30H42ClN3O4/c1-9-10-11-15-34(28(36)22(5)32-29(37)38-30(6,7)8)26(23-17-19(2)16-20(3)18-23)27(35)33-25-21(4)13-12-14-24(25)31/h12-14,16-18,22,26H,9-11,15H2,1-8H3,(H,32,37)(H,33,35). The summed E-state index contributed by atoms with van der Waals surface area (Å²) in [6, 6.07) is 9.42. The number of nitrogens with zero attached hydrogens (tertiary/aromatic N) is 1. The molecule has 7 nitrogen and oxygen atoms in total. The van der Waals surface area contributed by atoms with Crippen LogP contribution in [0.1, 0.15) is 82.2 Å². The number of unbranched alkanes of at least 4 members (excludes halogenated alkanes) is 2. The van der Waals surface area contributed by atoms with Gasteiger partial charge in [0.25, 0.3) is 5.91 Å². The molecule has 0 saturated heterocycles. The van der Waals surface area contributed by atoms with Crippen molar-refractivity contribution in [2.45, 2.75) is 92.3 Å². The summed E-state index contributed by atoms with van der Waals surface area (Å²) in [6.45, 7) is 15.1. The van der Waals surface area contributed by atoms with Crippen molar-refractivity contribution in [1.29, 1.82) is 0 Å². The monoisotopic (exact) mass is 543 g/mol. The van der Waals surface area contributed by atoms with E-state index in [0.717, 1.165) is 29.5 Å². The Bertz CT molecular complexity index is 1100. The zero-order chi connectivity index (χ0) is 28.6. The van der Waals surface area contributed by atoms with Gasteiger partial charge < -0.3 is 20.3 Å². The molecular formula is C30H42ClN3O4. The largest absolute Gasteiger partial charge is 0.444 e. The van der Waals surface area contributed by atoms with Crippen LogP contribution in [-0.4, -0.2) is 41.0 Å². The Balaban J connectivity index is 2.52. The van der Waals surface area contributed by atoms with Crippen molar-refractivity contribution in [2.75, 3.05) is 11.9 Å². The van der Waals surface area contributed by atoms with Gasteiger partial charge in [-0.15, -0.1) is 0 Å². The number of para-hydroxylation sites is 1. The minimum Gasteiger partial charge on any atom is -0.444 e. The number of halogens is 1. The molecule has 0 aromatic heterocycles. The van der Waals surface area contributed by atoms with Gasteiger partial charge in [-0.05, 0) is 72.1 Å². The molecule has 0 radical (unpaired) electrons. The Morgan fingerprint density at radius 1 is 1.03 bits per heavy atom. The van der Waals surface area contributed by atoms with Crippen LogP contribution in [0, 0.1) is 20.8 Å². The van der Waals surface area contributed by atoms with Crippen LogP contribution in [0.3, 0.4) is 0 Å². The zero-order valence-electron chi connectivity index (χ0n) is 23.9. The molecule has 0 fully saturated rings. The average Bonchev–Trinajstić information content (AvgIpc) is 2.78. The summed E-state index contributed by atoms with van der Waals surface area (Å²) < 4.78 is 5.35. The Kier molecular flexibility index (Phi) is 11.2. The fourth-order valence-corrected chi connectivity index (χ4v) is 4.58. The van der Waals surface area contributed by atoms with Gasteiger partial charge in [0.05, 0.1) is 10.7 Å². The molecule has 0 heterocycles. The van der Waals surface area contributed by atoms with E-state index in [4.69, 9.17) is 16.3 Å². The summed E-state index contributed by atoms with van der Waals surface area (Å²) in [6.07, 6.45) is 1.86. The summed E-state index contributed by atoms with van der Waals surface area (Å²) in [4.78, 5) is 41.8. The molecule has 2 rings (SSSR count). The molecule has 2 unspecified atom stereocenters. The number of benzene rings is 2. The summed E-state index contributed by atoms with van der Waals surface area (Å²) in [5.41, 5.74) is 3.27. The molecule has 8 heteroatoms. The van der Waals surface area contributed by atoms with Crippen LogP contribution in [0.15, 0.2) is 36.4 Å². The molecule has 208 valence electrons. The van der Waals surface area contributed by atoms with Gasteiger partial charge in [-0.1, -0.05) is 72.8 Å². The van der Waals surface area contributed by atoms with Gasteiger partial charge >= 0.3 is 6.09 Å². The number of ether oxygens (including phenoxy) is 1. The van der Waals surface area contributed by atoms with Gasteiger partial charge in [0.1, 0.15) is 17.7 Å². The van der Waals surface area contributed by atoms with E-state index in [1.165, 1.54) is 0 Å². The van der Waals surface area contributed by atoms with Crippen molar-refractivity contribution in [3.05, 3.63) is 63.7 Å². The Morgan fingerprint density at radius 2 is 1.66 bits per heavy atom. The van der Waals surface area contributed by atoms with Crippen LogP contribution in [0.2, 0.25) is 5.02 Å². The molecule has 0 aliphatic carbocycles. The zero-order valence-corrected chi connectivity index (χ0v) is 24.7. The number of nitrogens with one attached hydrogen (secondary N) is 2. The summed E-state index contributed by atoms with van der Waals surface area (Å²) in [5.74, 6) is -0.748. The SMILES string of the molecule is CCCCCN(C(=O)C(C)NC(=O)OC(C)(C)C)C(C(=O)Nc1c(C)cccc1Cl)c1cc(C)cc(C)c1. The topological polar surface area (TPSA) is 87.7 Å². The van der Waals surface area contributed by atoms with Gasteiger partial charge in [-0.3, -0.25) is 9.59 Å². The van der Waals surface area contributed by atoms with E-state index >= 15 is 0 Å². The molecule has 0 saturated carbocycles. The molecule has 0 bridgehead atoms. The molecule has 0 aliphatic heterocycles. The molecule has 3 amide bonds. The molecular weight excluding hydrogens is 502 g/mol. The minimum atomic E-state index is -0.934. The molecule has 2 aromatic carbocycles. The van der Waals surface area contributed by atoms with Gasteiger partial charge in [0, 0.05) is 6.54 Å². The van der Waals surface area contributed by atoms with Crippen LogP contribution >= 0.6 is 11.6 Å². The van der Waals surface area contributed by atoms with Crippen LogP contribution in [0.25, 0.3) is 0 Å². The first-order valence-corrected chi connectivity index (χ1v) is 13.6. The fourth-order valence-electron chi connectivity index (χ4n) is 4.32. The van der Waals surface area contributed by atoms with E-state index in [-0.39, 0.29) is 11.8 Å². The van der Waals surface area contributed by atoms with E-state index in [1.807, 2.05) is 51.1 Å². The van der Waals surface area contributed by atoms with Crippen molar-refractivity contribution < 1.29 is 19.1 Å². The van der Waals surface area contributed by atoms with E-state index < -0.39 is 23.8 Å². The number of amides is 3. The van der Waals surface area contributed by atoms with Crippen molar-refractivity contribution in [3.63, 3.8) is 0 Å². The smallest absolute Gasteiger partial charge is 0.408 e. The van der Waals surface area contributed by atoms with Crippen molar-refractivity contribution in [2.24, 2.45) is 0 Å². The number of carbonyl (C=O) groups excluding carboxylic acids is 3. The van der Waals surface area contributed by atoms with Crippen LogP contribution < -0.4 is 10.6 Å². The third kappa shape index (κ3) is 9.05. The minimum absolute atomic E-state index is 0.347. The lowest BCUT2D eigenvalue weighted by atomic mass is 9.98. The third-order valence-corrected chi connectivity index (χ3v) is 6.29. The Morgan fingerprint density at radius 3 is 2.21 bits per heavy atom. The second kappa shape index (κ2) is 13.7. The number of hydrogen-bond donors (Lipinski definition) is 2. The maximum absolute atomic E-state index is 14.0. The number of anilines is 1. The number of carbonyl (C=O) groups is 3. The highest BCUT2D eigenvalue weighted by Crippen LogP contribution is 2.30. The predicted octanol–water partition coefficient (Wildman–Crippen LogP) is 6.88. The van der Waals surface area contributed by atoms with Crippen LogP contribution in [-0.2, 0) is 14.3 Å². The number of hydrogen-bond acceptors (Lipinski definition) is 4. The van der Waals surface area contributed by atoms with Crippen LogP contribution in [0.4, 0.5) is 10.5 Å². The quantitative estimate of drug-likeness (QED) is 0.320. The van der Waals surface area contributed by atoms with Crippen LogP contribution in [0.5, 0.6) is 0 Å². The summed E-state index contributed by atoms with van der Waals surface area (Å²) in [7, 11) is 0. The lowest BCUT2D eigenvalue weighted by Crippen LogP contribution is -2.51. The Hall–Kier alpha value is -3.06. The first-order chi connectivity index (χ1) is 17.7. The highest BCUT2D eigenvalue weighted by Gasteiger charge is 2.35. The maximum atomic E-state index is 14.0. The molecule has 0 aliphatic rings. The second-order valence-electron chi connectivity index (χ2n) is 10.9. The highest BCUT2D eigenvalue weighted by atomic mass is 35.5. The normalized spacial score (nSPS) is 12.9. The number of aryl methyl sites for hydroxylation is 3. The van der Waals surface area contributed by atoms with Gasteiger partial charge in [-0.25, -0.2) is 4.79 Å². The van der Waals surface area contributed by atoms with Gasteiger partial charge in [0.2, 0.25) is 5.91 Å².